The summed E-state index contributed by atoms with van der Waals surface area (Å²) in [5.74, 6) is 3.09. The summed E-state index contributed by atoms with van der Waals surface area (Å²) in [5, 5.41) is 3.25. The first kappa shape index (κ1) is 18.3. The molecule has 7 nitrogen and oxygen atoms in total. The van der Waals surface area contributed by atoms with E-state index in [2.05, 4.69) is 15.3 Å². The fourth-order valence-corrected chi connectivity index (χ4v) is 2.65. The molecule has 0 spiro atoms. The standard InChI is InChI=1S/C20H21N3O4/c1-24-15-7-5-13(6-8-15)16-11-19(22-12-21-16)23-14-9-17(25-2)20(27-4)18(10-14)26-3/h5-12H,1-4H3,(H,21,22,23). The summed E-state index contributed by atoms with van der Waals surface area (Å²) in [4.78, 5) is 8.63. The predicted molar refractivity (Wildman–Crippen MR) is 103 cm³/mol. The number of aromatic nitrogens is 2. The second-order valence-electron chi connectivity index (χ2n) is 5.56. The third kappa shape index (κ3) is 4.03. The molecule has 0 aliphatic rings. The minimum absolute atomic E-state index is 0.534. The molecule has 0 radical (unpaired) electrons. The van der Waals surface area contributed by atoms with Crippen molar-refractivity contribution in [2.45, 2.75) is 0 Å². The SMILES string of the molecule is COc1ccc(-c2cc(Nc3cc(OC)c(OC)c(OC)c3)ncn2)cc1. The third-order valence-corrected chi connectivity index (χ3v) is 3.99. The van der Waals surface area contributed by atoms with Crippen LogP contribution < -0.4 is 24.3 Å². The Hall–Kier alpha value is -3.48. The molecule has 0 unspecified atom stereocenters. The van der Waals surface area contributed by atoms with E-state index in [-0.39, 0.29) is 0 Å². The van der Waals surface area contributed by atoms with Gasteiger partial charge in [0.1, 0.15) is 17.9 Å². The van der Waals surface area contributed by atoms with Crippen LogP contribution in [0.3, 0.4) is 0 Å². The van der Waals surface area contributed by atoms with Crippen molar-refractivity contribution >= 4 is 11.5 Å². The Morgan fingerprint density at radius 2 is 1.41 bits per heavy atom. The maximum Gasteiger partial charge on any atom is 0.203 e. The van der Waals surface area contributed by atoms with Crippen LogP contribution in [0.1, 0.15) is 0 Å². The minimum atomic E-state index is 0.534. The van der Waals surface area contributed by atoms with E-state index in [0.717, 1.165) is 22.7 Å². The highest BCUT2D eigenvalue weighted by molar-refractivity contribution is 5.69. The van der Waals surface area contributed by atoms with Crippen LogP contribution in [-0.2, 0) is 0 Å². The Kier molecular flexibility index (Phi) is 5.61. The molecular formula is C20H21N3O4. The summed E-state index contributed by atoms with van der Waals surface area (Å²) in [5.41, 5.74) is 2.51. The van der Waals surface area contributed by atoms with Gasteiger partial charge in [0.15, 0.2) is 11.5 Å². The van der Waals surface area contributed by atoms with Gasteiger partial charge in [-0.15, -0.1) is 0 Å². The van der Waals surface area contributed by atoms with Gasteiger partial charge < -0.3 is 24.3 Å². The number of ether oxygens (including phenoxy) is 4. The zero-order valence-electron chi connectivity index (χ0n) is 15.6. The normalized spacial score (nSPS) is 10.2. The first-order chi connectivity index (χ1) is 13.2. The molecule has 0 amide bonds. The molecule has 0 saturated carbocycles. The Balaban J connectivity index is 1.90. The van der Waals surface area contributed by atoms with E-state index in [4.69, 9.17) is 18.9 Å². The summed E-state index contributed by atoms with van der Waals surface area (Å²) in [6.07, 6.45) is 1.51. The molecule has 1 aromatic heterocycles. The quantitative estimate of drug-likeness (QED) is 0.678. The summed E-state index contributed by atoms with van der Waals surface area (Å²) in [7, 11) is 6.36. The lowest BCUT2D eigenvalue weighted by Crippen LogP contribution is -1.99. The van der Waals surface area contributed by atoms with Crippen molar-refractivity contribution in [3.05, 3.63) is 48.8 Å². The lowest BCUT2D eigenvalue weighted by molar-refractivity contribution is 0.324. The molecule has 2 aromatic carbocycles. The molecule has 27 heavy (non-hydrogen) atoms. The molecule has 0 aliphatic heterocycles. The zero-order chi connectivity index (χ0) is 19.2. The van der Waals surface area contributed by atoms with Gasteiger partial charge in [-0.3, -0.25) is 0 Å². The molecule has 3 rings (SSSR count). The van der Waals surface area contributed by atoms with E-state index in [0.29, 0.717) is 23.1 Å². The summed E-state index contributed by atoms with van der Waals surface area (Å²) < 4.78 is 21.3. The van der Waals surface area contributed by atoms with Crippen LogP contribution in [0.15, 0.2) is 48.8 Å². The molecule has 0 atom stereocenters. The van der Waals surface area contributed by atoms with Crippen LogP contribution in [0, 0.1) is 0 Å². The Bertz CT molecular complexity index is 888. The van der Waals surface area contributed by atoms with Crippen molar-refractivity contribution in [2.75, 3.05) is 33.8 Å². The second kappa shape index (κ2) is 8.27. The van der Waals surface area contributed by atoms with Gasteiger partial charge >= 0.3 is 0 Å². The van der Waals surface area contributed by atoms with Gasteiger partial charge in [-0.1, -0.05) is 0 Å². The number of rotatable bonds is 7. The lowest BCUT2D eigenvalue weighted by atomic mass is 10.1. The van der Waals surface area contributed by atoms with Gasteiger partial charge in [-0.05, 0) is 24.3 Å². The molecule has 140 valence electrons. The highest BCUT2D eigenvalue weighted by atomic mass is 16.5. The number of hydrogen-bond donors (Lipinski definition) is 1. The molecular weight excluding hydrogens is 346 g/mol. The number of benzene rings is 2. The third-order valence-electron chi connectivity index (χ3n) is 3.99. The van der Waals surface area contributed by atoms with Crippen molar-refractivity contribution in [2.24, 2.45) is 0 Å². The average molecular weight is 367 g/mol. The first-order valence-corrected chi connectivity index (χ1v) is 8.22. The van der Waals surface area contributed by atoms with Crippen molar-refractivity contribution in [1.29, 1.82) is 0 Å². The zero-order valence-corrected chi connectivity index (χ0v) is 15.6. The molecule has 0 aliphatic carbocycles. The van der Waals surface area contributed by atoms with Crippen LogP contribution in [0.5, 0.6) is 23.0 Å². The van der Waals surface area contributed by atoms with Crippen molar-refractivity contribution in [1.82, 2.24) is 9.97 Å². The van der Waals surface area contributed by atoms with Gasteiger partial charge in [0, 0.05) is 29.4 Å². The van der Waals surface area contributed by atoms with Crippen LogP contribution in [0.2, 0.25) is 0 Å². The van der Waals surface area contributed by atoms with Crippen LogP contribution >= 0.6 is 0 Å². The van der Waals surface area contributed by atoms with Crippen molar-refractivity contribution in [3.8, 4) is 34.3 Å². The lowest BCUT2D eigenvalue weighted by Gasteiger charge is -2.15. The number of nitrogens with zero attached hydrogens (tertiary/aromatic N) is 2. The van der Waals surface area contributed by atoms with Gasteiger partial charge in [0.25, 0.3) is 0 Å². The highest BCUT2D eigenvalue weighted by Gasteiger charge is 2.13. The van der Waals surface area contributed by atoms with E-state index in [1.54, 1.807) is 28.4 Å². The molecule has 0 fully saturated rings. The van der Waals surface area contributed by atoms with Crippen molar-refractivity contribution < 1.29 is 18.9 Å². The maximum absolute atomic E-state index is 5.38. The number of nitrogens with one attached hydrogen (secondary N) is 1. The highest BCUT2D eigenvalue weighted by Crippen LogP contribution is 2.40. The van der Waals surface area contributed by atoms with Crippen LogP contribution in [0.25, 0.3) is 11.3 Å². The molecule has 3 aromatic rings. The molecule has 7 heteroatoms. The molecule has 1 N–H and O–H groups in total. The van der Waals surface area contributed by atoms with Crippen LogP contribution in [0.4, 0.5) is 11.5 Å². The first-order valence-electron chi connectivity index (χ1n) is 8.22. The second-order valence-corrected chi connectivity index (χ2v) is 5.56. The van der Waals surface area contributed by atoms with E-state index in [9.17, 15) is 0 Å². The largest absolute Gasteiger partial charge is 0.497 e. The molecule has 0 saturated heterocycles. The van der Waals surface area contributed by atoms with E-state index in [1.165, 1.54) is 6.33 Å². The van der Waals surface area contributed by atoms with Crippen LogP contribution in [-0.4, -0.2) is 38.4 Å². The molecule has 0 bridgehead atoms. The Morgan fingerprint density at radius 1 is 0.741 bits per heavy atom. The van der Waals surface area contributed by atoms with Crippen molar-refractivity contribution in [3.63, 3.8) is 0 Å². The van der Waals surface area contributed by atoms with E-state index in [1.807, 2.05) is 42.5 Å². The smallest absolute Gasteiger partial charge is 0.203 e. The monoisotopic (exact) mass is 367 g/mol. The van der Waals surface area contributed by atoms with Gasteiger partial charge in [-0.2, -0.15) is 0 Å². The Labute approximate surface area is 157 Å². The number of anilines is 2. The number of hydrogen-bond acceptors (Lipinski definition) is 7. The number of methoxy groups -OCH3 is 4. The Morgan fingerprint density at radius 3 is 1.96 bits per heavy atom. The maximum atomic E-state index is 5.38. The van der Waals surface area contributed by atoms with E-state index >= 15 is 0 Å². The van der Waals surface area contributed by atoms with E-state index < -0.39 is 0 Å². The summed E-state index contributed by atoms with van der Waals surface area (Å²) in [6.45, 7) is 0. The predicted octanol–water partition coefficient (Wildman–Crippen LogP) is 3.92. The fraction of sp³-hybridized carbons (Fsp3) is 0.200. The van der Waals surface area contributed by atoms with Gasteiger partial charge in [0.05, 0.1) is 34.1 Å². The fourth-order valence-electron chi connectivity index (χ4n) is 2.65. The van der Waals surface area contributed by atoms with Gasteiger partial charge in [0.2, 0.25) is 5.75 Å². The average Bonchev–Trinajstić information content (AvgIpc) is 2.73. The molecule has 1 heterocycles. The minimum Gasteiger partial charge on any atom is -0.497 e. The summed E-state index contributed by atoms with van der Waals surface area (Å²) >= 11 is 0. The summed E-state index contributed by atoms with van der Waals surface area (Å²) in [6, 6.07) is 13.2. The topological polar surface area (TPSA) is 74.7 Å². The van der Waals surface area contributed by atoms with Gasteiger partial charge in [-0.25, -0.2) is 9.97 Å².